The molecule has 5 heteroatoms. The van der Waals surface area contributed by atoms with Crippen molar-refractivity contribution in [3.63, 3.8) is 0 Å². The van der Waals surface area contributed by atoms with Crippen molar-refractivity contribution in [3.05, 3.63) is 54.6 Å². The quantitative estimate of drug-likeness (QED) is 0.458. The Kier molecular flexibility index (Phi) is 9.03. The lowest BCUT2D eigenvalue weighted by atomic mass is 10.0. The number of imidazole rings is 1. The van der Waals surface area contributed by atoms with E-state index >= 15 is 0 Å². The minimum absolute atomic E-state index is 0. The standard InChI is InChI=1S/C19H27N3O.HI/c1-4-5-11-21-12-13-22(15-21)18(16(2)3)19(23)20-14-17-9-7-6-8-10-17;/h6-10,12-13,15-16,18H,4-5,11,14H2,1-3H3;1H/t18-;/m0./s1. The minimum Gasteiger partial charge on any atom is -1.00 e. The number of rotatable bonds is 8. The third kappa shape index (κ3) is 5.92. The summed E-state index contributed by atoms with van der Waals surface area (Å²) in [5.41, 5.74) is 1.12. The van der Waals surface area contributed by atoms with Gasteiger partial charge in [0.2, 0.25) is 6.33 Å². The molecule has 1 aromatic carbocycles. The Labute approximate surface area is 162 Å². The Bertz CT molecular complexity index is 610. The van der Waals surface area contributed by atoms with Crippen LogP contribution in [0.5, 0.6) is 0 Å². The third-order valence-electron chi connectivity index (χ3n) is 4.01. The van der Waals surface area contributed by atoms with E-state index in [2.05, 4.69) is 36.9 Å². The number of aromatic nitrogens is 2. The fourth-order valence-electron chi connectivity index (χ4n) is 2.72. The molecule has 1 amide bonds. The first-order chi connectivity index (χ1) is 11.1. The number of nitrogens with zero attached hydrogens (tertiary/aromatic N) is 2. The Morgan fingerprint density at radius 2 is 1.96 bits per heavy atom. The van der Waals surface area contributed by atoms with Gasteiger partial charge in [-0.3, -0.25) is 4.79 Å². The summed E-state index contributed by atoms with van der Waals surface area (Å²) >= 11 is 0. The number of carbonyl (C=O) groups excluding carboxylic acids is 1. The molecule has 1 aromatic heterocycles. The van der Waals surface area contributed by atoms with Crippen molar-refractivity contribution in [2.24, 2.45) is 5.92 Å². The normalized spacial score (nSPS) is 11.8. The zero-order valence-corrected chi connectivity index (χ0v) is 16.9. The van der Waals surface area contributed by atoms with E-state index in [0.29, 0.717) is 6.54 Å². The maximum Gasteiger partial charge on any atom is 0.265 e. The van der Waals surface area contributed by atoms with Gasteiger partial charge in [0.05, 0.1) is 6.54 Å². The zero-order valence-electron chi connectivity index (χ0n) is 14.8. The predicted octanol–water partition coefficient (Wildman–Crippen LogP) is 0.0932. The largest absolute Gasteiger partial charge is 1.00 e. The number of halogens is 1. The molecule has 0 saturated carbocycles. The lowest BCUT2D eigenvalue weighted by Gasteiger charge is -2.17. The van der Waals surface area contributed by atoms with E-state index in [1.807, 2.05) is 47.4 Å². The molecular formula is C19H28IN3O. The molecule has 1 atom stereocenters. The highest BCUT2D eigenvalue weighted by Crippen LogP contribution is 2.17. The smallest absolute Gasteiger partial charge is 0.265 e. The zero-order chi connectivity index (χ0) is 16.7. The second-order valence-corrected chi connectivity index (χ2v) is 6.34. The molecule has 0 spiro atoms. The Balaban J connectivity index is 0.00000288. The van der Waals surface area contributed by atoms with Gasteiger partial charge in [-0.25, -0.2) is 9.13 Å². The number of nitrogens with one attached hydrogen (secondary N) is 1. The highest BCUT2D eigenvalue weighted by molar-refractivity contribution is 5.80. The number of amides is 1. The molecule has 1 heterocycles. The summed E-state index contributed by atoms with van der Waals surface area (Å²) in [4.78, 5) is 12.6. The van der Waals surface area contributed by atoms with Crippen molar-refractivity contribution in [2.75, 3.05) is 0 Å². The molecule has 0 saturated heterocycles. The second kappa shape index (κ2) is 10.5. The lowest BCUT2D eigenvalue weighted by Crippen LogP contribution is -3.00. The summed E-state index contributed by atoms with van der Waals surface area (Å²) in [6.07, 6.45) is 8.42. The molecule has 4 nitrogen and oxygen atoms in total. The van der Waals surface area contributed by atoms with Crippen LogP contribution >= 0.6 is 0 Å². The first kappa shape index (κ1) is 20.7. The van der Waals surface area contributed by atoms with Crippen molar-refractivity contribution in [1.29, 1.82) is 0 Å². The summed E-state index contributed by atoms with van der Waals surface area (Å²) in [5, 5.41) is 3.06. The number of carbonyl (C=O) groups is 1. The Morgan fingerprint density at radius 1 is 1.25 bits per heavy atom. The number of unbranched alkanes of at least 4 members (excludes halogenated alkanes) is 1. The van der Waals surface area contributed by atoms with Crippen LogP contribution in [-0.4, -0.2) is 10.5 Å². The topological polar surface area (TPSA) is 37.9 Å². The molecule has 0 unspecified atom stereocenters. The lowest BCUT2D eigenvalue weighted by molar-refractivity contribution is -0.696. The number of benzene rings is 1. The molecule has 0 radical (unpaired) electrons. The number of aryl methyl sites for hydroxylation is 1. The van der Waals surface area contributed by atoms with Gasteiger partial charge in [0.15, 0.2) is 6.04 Å². The monoisotopic (exact) mass is 441 g/mol. The number of hydrogen-bond acceptors (Lipinski definition) is 1. The fourth-order valence-corrected chi connectivity index (χ4v) is 2.72. The first-order valence-electron chi connectivity index (χ1n) is 8.50. The molecule has 0 aliphatic heterocycles. The van der Waals surface area contributed by atoms with Gasteiger partial charge in [-0.1, -0.05) is 57.5 Å². The van der Waals surface area contributed by atoms with Gasteiger partial charge < -0.3 is 29.3 Å². The molecular weight excluding hydrogens is 413 g/mol. The molecule has 2 aromatic rings. The molecule has 0 bridgehead atoms. The van der Waals surface area contributed by atoms with E-state index in [4.69, 9.17) is 0 Å². The van der Waals surface area contributed by atoms with Crippen LogP contribution in [0, 0.1) is 5.92 Å². The predicted molar refractivity (Wildman–Crippen MR) is 91.7 cm³/mol. The summed E-state index contributed by atoms with van der Waals surface area (Å²) in [6, 6.07) is 9.84. The number of hydrogen-bond donors (Lipinski definition) is 1. The van der Waals surface area contributed by atoms with E-state index in [1.54, 1.807) is 0 Å². The molecule has 0 aliphatic rings. The average molecular weight is 441 g/mol. The maximum absolute atomic E-state index is 12.6. The van der Waals surface area contributed by atoms with E-state index in [0.717, 1.165) is 18.5 Å². The Morgan fingerprint density at radius 3 is 2.58 bits per heavy atom. The Hall–Kier alpha value is -1.37. The van der Waals surface area contributed by atoms with Crippen molar-refractivity contribution >= 4 is 5.91 Å². The SMILES string of the molecule is CCCC[n+]1ccn([C@H](C(=O)NCc2ccccc2)C(C)C)c1.[I-]. The molecule has 2 rings (SSSR count). The summed E-state index contributed by atoms with van der Waals surface area (Å²) in [5.74, 6) is 0.305. The van der Waals surface area contributed by atoms with Gasteiger partial charge in [0.25, 0.3) is 5.91 Å². The summed E-state index contributed by atoms with van der Waals surface area (Å²) < 4.78 is 4.18. The van der Waals surface area contributed by atoms with Gasteiger partial charge >= 0.3 is 0 Å². The second-order valence-electron chi connectivity index (χ2n) is 6.34. The minimum atomic E-state index is -0.179. The van der Waals surface area contributed by atoms with Crippen LogP contribution in [0.15, 0.2) is 49.1 Å². The highest BCUT2D eigenvalue weighted by atomic mass is 127. The molecule has 132 valence electrons. The molecule has 0 aliphatic carbocycles. The van der Waals surface area contributed by atoms with Crippen molar-refractivity contribution in [1.82, 2.24) is 9.88 Å². The van der Waals surface area contributed by atoms with Gasteiger partial charge in [-0.2, -0.15) is 0 Å². The summed E-state index contributed by atoms with van der Waals surface area (Å²) in [6.45, 7) is 7.93. The van der Waals surface area contributed by atoms with Crippen molar-refractivity contribution in [3.8, 4) is 0 Å². The third-order valence-corrected chi connectivity index (χ3v) is 4.01. The van der Waals surface area contributed by atoms with Crippen LogP contribution in [0.25, 0.3) is 0 Å². The highest BCUT2D eigenvalue weighted by Gasteiger charge is 2.28. The van der Waals surface area contributed by atoms with Crippen LogP contribution in [0.4, 0.5) is 0 Å². The average Bonchev–Trinajstić information content (AvgIpc) is 3.00. The van der Waals surface area contributed by atoms with Crippen LogP contribution in [-0.2, 0) is 17.9 Å². The van der Waals surface area contributed by atoms with E-state index < -0.39 is 0 Å². The molecule has 1 N–H and O–H groups in total. The maximum atomic E-state index is 12.6. The van der Waals surface area contributed by atoms with Crippen molar-refractivity contribution < 1.29 is 33.3 Å². The van der Waals surface area contributed by atoms with E-state index in [9.17, 15) is 4.79 Å². The van der Waals surface area contributed by atoms with Gasteiger partial charge in [0, 0.05) is 12.5 Å². The van der Waals surface area contributed by atoms with E-state index in [-0.39, 0.29) is 41.8 Å². The molecule has 0 fully saturated rings. The van der Waals surface area contributed by atoms with Crippen LogP contribution in [0.3, 0.4) is 0 Å². The summed E-state index contributed by atoms with van der Waals surface area (Å²) in [7, 11) is 0. The van der Waals surface area contributed by atoms with E-state index in [1.165, 1.54) is 6.42 Å². The van der Waals surface area contributed by atoms with Crippen LogP contribution in [0.1, 0.15) is 45.2 Å². The van der Waals surface area contributed by atoms with Gasteiger partial charge in [-0.05, 0) is 12.0 Å². The van der Waals surface area contributed by atoms with Crippen molar-refractivity contribution in [2.45, 2.75) is 52.7 Å². The van der Waals surface area contributed by atoms with Gasteiger partial charge in [0.1, 0.15) is 12.4 Å². The first-order valence-corrected chi connectivity index (χ1v) is 8.50. The van der Waals surface area contributed by atoms with Gasteiger partial charge in [-0.15, -0.1) is 0 Å². The van der Waals surface area contributed by atoms with Crippen LogP contribution < -0.4 is 33.9 Å². The molecule has 24 heavy (non-hydrogen) atoms. The fraction of sp³-hybridized carbons (Fsp3) is 0.474. The van der Waals surface area contributed by atoms with Crippen LogP contribution in [0.2, 0.25) is 0 Å².